The number of nitrogens with one attached hydrogen (secondary N) is 1. The predicted octanol–water partition coefficient (Wildman–Crippen LogP) is 3.47. The van der Waals surface area contributed by atoms with Crippen LogP contribution in [0.1, 0.15) is 16.9 Å². The van der Waals surface area contributed by atoms with Gasteiger partial charge in [0.2, 0.25) is 5.71 Å². The number of allylic oxidation sites excluding steroid dienone is 1. The molecule has 4 rings (SSSR count). The molecule has 1 atom stereocenters. The summed E-state index contributed by atoms with van der Waals surface area (Å²) >= 11 is 1.51. The third-order valence-electron chi connectivity index (χ3n) is 4.84. The molecule has 146 valence electrons. The Bertz CT molecular complexity index is 1070. The number of benzene rings is 1. The highest BCUT2D eigenvalue weighted by Crippen LogP contribution is 2.33. The van der Waals surface area contributed by atoms with Crippen LogP contribution in [0.3, 0.4) is 0 Å². The van der Waals surface area contributed by atoms with Crippen LogP contribution < -0.4 is 5.32 Å². The number of hydrogen-bond acceptors (Lipinski definition) is 4. The van der Waals surface area contributed by atoms with E-state index < -0.39 is 0 Å². The maximum atomic E-state index is 12.9. The highest BCUT2D eigenvalue weighted by molar-refractivity contribution is 8.05. The molecule has 0 bridgehead atoms. The van der Waals surface area contributed by atoms with Gasteiger partial charge in [-0.05, 0) is 30.7 Å². The second-order valence-corrected chi connectivity index (χ2v) is 8.15. The van der Waals surface area contributed by atoms with Gasteiger partial charge in [0.25, 0.3) is 5.91 Å². The Kier molecular flexibility index (Phi) is 5.36. The molecule has 2 amide bonds. The van der Waals surface area contributed by atoms with Crippen molar-refractivity contribution in [2.75, 3.05) is 7.05 Å². The van der Waals surface area contributed by atoms with Gasteiger partial charge in [0.1, 0.15) is 23.0 Å². The number of likely N-dealkylation sites (N-methyl/N-ethyl adjacent to an activating group) is 1. The summed E-state index contributed by atoms with van der Waals surface area (Å²) in [5.41, 5.74) is 3.51. The highest BCUT2D eigenvalue weighted by Gasteiger charge is 2.37. The van der Waals surface area contributed by atoms with Crippen LogP contribution >= 0.6 is 11.8 Å². The van der Waals surface area contributed by atoms with Crippen molar-refractivity contribution in [2.24, 2.45) is 0 Å². The average molecular weight is 405 g/mol. The van der Waals surface area contributed by atoms with Crippen LogP contribution in [-0.2, 0) is 16.1 Å². The Labute approximate surface area is 173 Å². The maximum absolute atomic E-state index is 12.9. The summed E-state index contributed by atoms with van der Waals surface area (Å²) < 4.78 is 6.86. The summed E-state index contributed by atoms with van der Waals surface area (Å²) in [7, 11) is 1.75. The summed E-state index contributed by atoms with van der Waals surface area (Å²) in [4.78, 5) is 26.0. The average Bonchev–Trinajstić information content (AvgIpc) is 3.25. The summed E-state index contributed by atoms with van der Waals surface area (Å²) in [5.74, 6) is 0.426. The van der Waals surface area contributed by atoms with E-state index in [-0.39, 0.29) is 17.1 Å². The van der Waals surface area contributed by atoms with Gasteiger partial charge in [0, 0.05) is 11.6 Å². The molecule has 2 heterocycles. The molecule has 0 saturated carbocycles. The van der Waals surface area contributed by atoms with Gasteiger partial charge >= 0.3 is 5.91 Å². The topological polar surface area (TPSA) is 62.3 Å². The lowest BCUT2D eigenvalue weighted by Crippen LogP contribution is -2.37. The quantitative estimate of drug-likeness (QED) is 0.625. The first kappa shape index (κ1) is 19.2. The van der Waals surface area contributed by atoms with Crippen molar-refractivity contribution in [2.45, 2.75) is 18.7 Å². The summed E-state index contributed by atoms with van der Waals surface area (Å²) in [5, 5.41) is 2.83. The van der Waals surface area contributed by atoms with Crippen molar-refractivity contribution >= 4 is 35.4 Å². The SMILES string of the molecule is Cc1ccc(/C=C2\SC3C=CC(C(=O)NCc4ccco4)=CC3=[N+](C)C2=O)cc1. The molecule has 2 aromatic rings. The van der Waals surface area contributed by atoms with Crippen LogP contribution in [0.25, 0.3) is 6.08 Å². The van der Waals surface area contributed by atoms with E-state index in [4.69, 9.17) is 4.42 Å². The minimum Gasteiger partial charge on any atom is -0.467 e. The van der Waals surface area contributed by atoms with Crippen molar-refractivity contribution in [1.82, 2.24) is 5.32 Å². The number of carbonyl (C=O) groups excluding carboxylic acids is 2. The molecule has 2 aliphatic rings. The molecule has 1 N–H and O–H groups in total. The third kappa shape index (κ3) is 4.17. The van der Waals surface area contributed by atoms with E-state index in [0.29, 0.717) is 22.8 Å². The van der Waals surface area contributed by atoms with Crippen LogP contribution in [0.2, 0.25) is 0 Å². The van der Waals surface area contributed by atoms with E-state index in [9.17, 15) is 9.59 Å². The van der Waals surface area contributed by atoms with Crippen molar-refractivity contribution in [3.63, 3.8) is 0 Å². The first-order valence-electron chi connectivity index (χ1n) is 9.31. The molecule has 29 heavy (non-hydrogen) atoms. The van der Waals surface area contributed by atoms with Gasteiger partial charge in [-0.25, -0.2) is 4.79 Å². The summed E-state index contributed by atoms with van der Waals surface area (Å²) in [6.45, 7) is 2.36. The van der Waals surface area contributed by atoms with Crippen LogP contribution in [0, 0.1) is 6.92 Å². The molecule has 1 aromatic carbocycles. The van der Waals surface area contributed by atoms with E-state index >= 15 is 0 Å². The minimum absolute atomic E-state index is 0.00368. The standard InChI is InChI=1S/C23H20N2O3S/c1-15-5-7-16(8-6-15)12-21-23(27)25(2)19-13-17(9-10-20(19)29-21)22(26)24-14-18-4-3-11-28-18/h3-13,20H,14H2,1-2H3/p+1/b21-12-. The first-order valence-corrected chi connectivity index (χ1v) is 10.2. The fourth-order valence-electron chi connectivity index (χ4n) is 3.17. The molecule has 0 spiro atoms. The van der Waals surface area contributed by atoms with Gasteiger partial charge in [-0.1, -0.05) is 53.7 Å². The monoisotopic (exact) mass is 405 g/mol. The van der Waals surface area contributed by atoms with Crippen LogP contribution in [0.4, 0.5) is 0 Å². The second kappa shape index (κ2) is 8.09. The Morgan fingerprint density at radius 2 is 2.07 bits per heavy atom. The number of aryl methyl sites for hydroxylation is 1. The lowest BCUT2D eigenvalue weighted by Gasteiger charge is -2.21. The van der Waals surface area contributed by atoms with Gasteiger partial charge < -0.3 is 9.73 Å². The van der Waals surface area contributed by atoms with Crippen LogP contribution in [-0.4, -0.2) is 34.4 Å². The Hall–Kier alpha value is -3.12. The molecule has 0 saturated heterocycles. The Morgan fingerprint density at radius 3 is 2.79 bits per heavy atom. The highest BCUT2D eigenvalue weighted by atomic mass is 32.2. The zero-order chi connectivity index (χ0) is 20.4. The van der Waals surface area contributed by atoms with E-state index in [0.717, 1.165) is 11.3 Å². The van der Waals surface area contributed by atoms with E-state index in [2.05, 4.69) is 5.32 Å². The number of thioether (sulfide) groups is 1. The van der Waals surface area contributed by atoms with Crippen molar-refractivity contribution < 1.29 is 18.6 Å². The summed E-state index contributed by atoms with van der Waals surface area (Å²) in [6.07, 6.45) is 9.06. The van der Waals surface area contributed by atoms with Crippen molar-refractivity contribution in [1.29, 1.82) is 0 Å². The zero-order valence-electron chi connectivity index (χ0n) is 16.2. The fraction of sp³-hybridized carbons (Fsp3) is 0.174. The third-order valence-corrected chi connectivity index (χ3v) is 6.04. The largest absolute Gasteiger partial charge is 0.467 e. The first-order chi connectivity index (χ1) is 14.0. The fourth-order valence-corrected chi connectivity index (χ4v) is 4.39. The number of amides is 2. The number of rotatable bonds is 4. The van der Waals surface area contributed by atoms with Gasteiger partial charge in [-0.3, -0.25) is 4.79 Å². The van der Waals surface area contributed by atoms with E-state index in [1.165, 1.54) is 17.3 Å². The summed E-state index contributed by atoms with van der Waals surface area (Å²) in [6, 6.07) is 11.7. The molecule has 6 heteroatoms. The lowest BCUT2D eigenvalue weighted by molar-refractivity contribution is -0.413. The second-order valence-electron chi connectivity index (χ2n) is 6.97. The smallest absolute Gasteiger partial charge is 0.425 e. The van der Waals surface area contributed by atoms with E-state index in [1.807, 2.05) is 55.5 Å². The number of nitrogens with zero attached hydrogens (tertiary/aromatic N) is 1. The molecule has 1 aromatic heterocycles. The molecule has 1 aliphatic heterocycles. The number of hydrogen-bond donors (Lipinski definition) is 1. The molecule has 1 unspecified atom stereocenters. The lowest BCUT2D eigenvalue weighted by atomic mass is 10.0. The molecule has 0 fully saturated rings. The van der Waals surface area contributed by atoms with Crippen molar-refractivity contribution in [3.8, 4) is 0 Å². The minimum atomic E-state index is -0.199. The molecular formula is C23H21N2O3S+. The zero-order valence-corrected chi connectivity index (χ0v) is 17.0. The molecule has 1 aliphatic carbocycles. The predicted molar refractivity (Wildman–Crippen MR) is 115 cm³/mol. The molecular weight excluding hydrogens is 384 g/mol. The number of furan rings is 1. The Balaban J connectivity index is 1.54. The normalized spacial score (nSPS) is 19.9. The molecule has 0 radical (unpaired) electrons. The number of fused-ring (bicyclic) bond motifs is 1. The molecule has 5 nitrogen and oxygen atoms in total. The van der Waals surface area contributed by atoms with Gasteiger partial charge in [0.15, 0.2) is 0 Å². The van der Waals surface area contributed by atoms with Crippen LogP contribution in [0.5, 0.6) is 0 Å². The van der Waals surface area contributed by atoms with Gasteiger partial charge in [-0.15, -0.1) is 0 Å². The van der Waals surface area contributed by atoms with Crippen molar-refractivity contribution in [3.05, 3.63) is 88.3 Å². The number of carbonyl (C=O) groups is 2. The van der Waals surface area contributed by atoms with Gasteiger partial charge in [0.05, 0.1) is 12.8 Å². The Morgan fingerprint density at radius 1 is 1.28 bits per heavy atom. The maximum Gasteiger partial charge on any atom is 0.425 e. The van der Waals surface area contributed by atoms with Crippen LogP contribution in [0.15, 0.2) is 75.8 Å². The van der Waals surface area contributed by atoms with E-state index in [1.54, 1.807) is 30.0 Å². The van der Waals surface area contributed by atoms with Gasteiger partial charge in [-0.2, -0.15) is 4.58 Å².